The fraction of sp³-hybridized carbons (Fsp3) is 0.976. The third-order valence-corrected chi connectivity index (χ3v) is 9.87. The summed E-state index contributed by atoms with van der Waals surface area (Å²) in [5, 5.41) is 11.9. The molecule has 0 amide bonds. The van der Waals surface area contributed by atoms with Crippen LogP contribution in [0, 0.1) is 0 Å². The Bertz CT molecular complexity index is 522. The van der Waals surface area contributed by atoms with Crippen LogP contribution in [0.3, 0.4) is 0 Å². The van der Waals surface area contributed by atoms with E-state index in [1.54, 1.807) is 0 Å². The van der Waals surface area contributed by atoms with E-state index in [2.05, 4.69) is 25.7 Å². The van der Waals surface area contributed by atoms with Crippen LogP contribution in [-0.2, 0) is 4.79 Å². The Balaban J connectivity index is 0. The van der Waals surface area contributed by atoms with E-state index in [9.17, 15) is 9.90 Å². The van der Waals surface area contributed by atoms with Gasteiger partial charge in [-0.05, 0) is 32.4 Å². The molecule has 4 heteroatoms. The molecule has 3 nitrogen and oxygen atoms in total. The zero-order valence-corrected chi connectivity index (χ0v) is 31.8. The third kappa shape index (κ3) is 35.2. The molecule has 0 aromatic heterocycles. The van der Waals surface area contributed by atoms with E-state index in [-0.39, 0.29) is 18.9 Å². The molecule has 0 rings (SSSR count). The summed E-state index contributed by atoms with van der Waals surface area (Å²) >= 11 is 0. The number of hydrogen-bond donors (Lipinski definition) is 0. The summed E-state index contributed by atoms with van der Waals surface area (Å²) in [5.41, 5.74) is 0. The monoisotopic (exact) mass is 628 g/mol. The van der Waals surface area contributed by atoms with E-state index in [0.717, 1.165) is 38.8 Å². The van der Waals surface area contributed by atoms with Crippen molar-refractivity contribution in [2.75, 3.05) is 13.1 Å². The Kier molecular flexibility index (Phi) is 42.1. The summed E-state index contributed by atoms with van der Waals surface area (Å²) in [6.07, 6.45) is 45.6. The van der Waals surface area contributed by atoms with Gasteiger partial charge in [-0.15, -0.1) is 0 Å². The van der Waals surface area contributed by atoms with Crippen LogP contribution in [0.1, 0.15) is 239 Å². The summed E-state index contributed by atoms with van der Waals surface area (Å²) in [5.74, 6) is -0.861. The van der Waals surface area contributed by atoms with Gasteiger partial charge in [0.2, 0.25) is 0 Å². The topological polar surface area (TPSA) is 43.4 Å². The van der Waals surface area contributed by atoms with Crippen molar-refractivity contribution in [2.24, 2.45) is 0 Å². The van der Waals surface area contributed by atoms with Crippen molar-refractivity contribution in [1.82, 2.24) is 4.90 Å². The molecular weight excluding hydrogens is 545 g/mol. The maximum atomic E-state index is 11.9. The number of rotatable bonds is 38. The van der Waals surface area contributed by atoms with Crippen molar-refractivity contribution in [3.05, 3.63) is 0 Å². The van der Waals surface area contributed by atoms with Crippen LogP contribution < -0.4 is 24.0 Å². The SMILES string of the molecule is CCCCCCCCCCCCCCCCCCN(CCCCCCCCCCCCCCCCCC)C(CCC)C(=O)[O-].[Li+]. The van der Waals surface area contributed by atoms with Gasteiger partial charge in [0.25, 0.3) is 0 Å². The zero-order chi connectivity index (χ0) is 32.2. The molecule has 0 aliphatic rings. The average molecular weight is 628 g/mol. The van der Waals surface area contributed by atoms with Crippen molar-refractivity contribution in [3.8, 4) is 0 Å². The predicted octanol–water partition coefficient (Wildman–Crippen LogP) is 9.73. The van der Waals surface area contributed by atoms with Crippen molar-refractivity contribution in [2.45, 2.75) is 245 Å². The first kappa shape index (κ1) is 47.1. The van der Waals surface area contributed by atoms with Gasteiger partial charge in [-0.3, -0.25) is 4.90 Å². The number of nitrogens with zero attached hydrogens (tertiary/aromatic N) is 1. The fourth-order valence-corrected chi connectivity index (χ4v) is 6.87. The first-order valence-electron chi connectivity index (χ1n) is 20.6. The van der Waals surface area contributed by atoms with Gasteiger partial charge in [0, 0.05) is 6.04 Å². The maximum absolute atomic E-state index is 11.9. The molecule has 0 aliphatic heterocycles. The average Bonchev–Trinajstić information content (AvgIpc) is 3.02. The molecule has 0 heterocycles. The second-order valence-electron chi connectivity index (χ2n) is 14.3. The largest absolute Gasteiger partial charge is 1.00 e. The molecule has 264 valence electrons. The van der Waals surface area contributed by atoms with Gasteiger partial charge in [-0.2, -0.15) is 0 Å². The van der Waals surface area contributed by atoms with E-state index in [1.807, 2.05) is 0 Å². The Morgan fingerprint density at radius 2 is 0.622 bits per heavy atom. The van der Waals surface area contributed by atoms with Crippen LogP contribution >= 0.6 is 0 Å². The smallest absolute Gasteiger partial charge is 0.548 e. The molecule has 0 radical (unpaired) electrons. The van der Waals surface area contributed by atoms with Gasteiger partial charge in [-0.25, -0.2) is 0 Å². The molecule has 0 spiro atoms. The Morgan fingerprint density at radius 3 is 0.822 bits per heavy atom. The van der Waals surface area contributed by atoms with Crippen molar-refractivity contribution < 1.29 is 28.8 Å². The molecular formula is C41H82LiNO2. The van der Waals surface area contributed by atoms with Crippen LogP contribution in [0.2, 0.25) is 0 Å². The summed E-state index contributed by atoms with van der Waals surface area (Å²) in [7, 11) is 0. The number of unbranched alkanes of at least 4 members (excludes halogenated alkanes) is 30. The molecule has 0 N–H and O–H groups in total. The Hall–Kier alpha value is 0.0274. The zero-order valence-electron chi connectivity index (χ0n) is 31.8. The Morgan fingerprint density at radius 1 is 0.400 bits per heavy atom. The number of hydrogen-bond acceptors (Lipinski definition) is 3. The van der Waals surface area contributed by atoms with Crippen molar-refractivity contribution in [3.63, 3.8) is 0 Å². The van der Waals surface area contributed by atoms with Gasteiger partial charge in [0.15, 0.2) is 0 Å². The van der Waals surface area contributed by atoms with Gasteiger partial charge >= 0.3 is 18.9 Å². The Labute approximate surface area is 296 Å². The normalized spacial score (nSPS) is 12.1. The summed E-state index contributed by atoms with van der Waals surface area (Å²) in [6.45, 7) is 8.53. The molecule has 0 fully saturated rings. The molecule has 0 aromatic carbocycles. The minimum atomic E-state index is -0.861. The fourth-order valence-electron chi connectivity index (χ4n) is 6.87. The molecule has 0 saturated carbocycles. The minimum Gasteiger partial charge on any atom is -0.548 e. The molecule has 0 bridgehead atoms. The third-order valence-electron chi connectivity index (χ3n) is 9.87. The van der Waals surface area contributed by atoms with E-state index < -0.39 is 12.0 Å². The van der Waals surface area contributed by atoms with Crippen LogP contribution in [0.15, 0.2) is 0 Å². The van der Waals surface area contributed by atoms with Crippen LogP contribution in [0.4, 0.5) is 0 Å². The summed E-state index contributed by atoms with van der Waals surface area (Å²) in [4.78, 5) is 14.2. The molecule has 0 saturated heterocycles. The molecule has 1 unspecified atom stereocenters. The maximum Gasteiger partial charge on any atom is 1.00 e. The van der Waals surface area contributed by atoms with Crippen LogP contribution in [0.5, 0.6) is 0 Å². The predicted molar refractivity (Wildman–Crippen MR) is 194 cm³/mol. The van der Waals surface area contributed by atoms with Gasteiger partial charge in [-0.1, -0.05) is 220 Å². The second kappa shape index (κ2) is 40.2. The second-order valence-corrected chi connectivity index (χ2v) is 14.3. The quantitative estimate of drug-likeness (QED) is 0.0506. The summed E-state index contributed by atoms with van der Waals surface area (Å²) < 4.78 is 0. The first-order valence-corrected chi connectivity index (χ1v) is 20.6. The standard InChI is InChI=1S/C41H83NO2.Li/c1-4-7-9-11-13-15-17-19-21-23-25-27-29-31-33-35-38-42(40(37-6-3)41(43)44)39-36-34-32-30-28-26-24-22-20-18-16-14-12-10-8-5-2;/h40H,4-39H2,1-3H3,(H,43,44);/q;+1/p-1. The number of carboxylic acid groups (broad SMARTS) is 1. The molecule has 0 aromatic rings. The van der Waals surface area contributed by atoms with Gasteiger partial charge in [0.05, 0.1) is 5.97 Å². The van der Waals surface area contributed by atoms with E-state index in [1.165, 1.54) is 193 Å². The molecule has 45 heavy (non-hydrogen) atoms. The van der Waals surface area contributed by atoms with E-state index in [0.29, 0.717) is 0 Å². The van der Waals surface area contributed by atoms with Crippen molar-refractivity contribution in [1.29, 1.82) is 0 Å². The van der Waals surface area contributed by atoms with E-state index in [4.69, 9.17) is 0 Å². The number of aliphatic carboxylic acids is 1. The van der Waals surface area contributed by atoms with Crippen LogP contribution in [-0.4, -0.2) is 30.0 Å². The number of carboxylic acids is 1. The number of carbonyl (C=O) groups is 1. The number of carbonyl (C=O) groups excluding carboxylic acids is 1. The van der Waals surface area contributed by atoms with E-state index >= 15 is 0 Å². The van der Waals surface area contributed by atoms with Crippen LogP contribution in [0.25, 0.3) is 0 Å². The molecule has 0 aliphatic carbocycles. The molecule has 1 atom stereocenters. The minimum absolute atomic E-state index is 0. The van der Waals surface area contributed by atoms with Crippen molar-refractivity contribution >= 4 is 5.97 Å². The summed E-state index contributed by atoms with van der Waals surface area (Å²) in [6, 6.07) is -0.396. The first-order chi connectivity index (χ1) is 21.7. The van der Waals surface area contributed by atoms with Gasteiger partial charge in [0.1, 0.15) is 0 Å². The van der Waals surface area contributed by atoms with Gasteiger partial charge < -0.3 is 9.90 Å².